The normalized spacial score (nSPS) is 28.8. The summed E-state index contributed by atoms with van der Waals surface area (Å²) in [4.78, 5) is 11.2. The molecule has 1 fully saturated rings. The van der Waals surface area contributed by atoms with Gasteiger partial charge in [0, 0.05) is 6.04 Å². The molecule has 12 heavy (non-hydrogen) atoms. The smallest absolute Gasteiger partial charge is 0.230 e. The number of nitrogens with one attached hydrogen (secondary N) is 1. The van der Waals surface area contributed by atoms with Gasteiger partial charge in [-0.25, -0.2) is 0 Å². The van der Waals surface area contributed by atoms with Gasteiger partial charge >= 0.3 is 0 Å². The third-order valence-electron chi connectivity index (χ3n) is 2.34. The summed E-state index contributed by atoms with van der Waals surface area (Å²) in [7, 11) is 0. The van der Waals surface area contributed by atoms with Crippen LogP contribution in [0.2, 0.25) is 0 Å². The fourth-order valence-corrected chi connectivity index (χ4v) is 2.08. The van der Waals surface area contributed by atoms with E-state index < -0.39 is 0 Å². The van der Waals surface area contributed by atoms with Crippen LogP contribution in [-0.2, 0) is 4.79 Å². The van der Waals surface area contributed by atoms with E-state index in [4.69, 9.17) is 0 Å². The van der Waals surface area contributed by atoms with Crippen LogP contribution in [0.25, 0.3) is 0 Å². The molecule has 0 aliphatic heterocycles. The van der Waals surface area contributed by atoms with E-state index in [1.807, 2.05) is 6.26 Å². The number of hydrogen-bond acceptors (Lipinski definition) is 2. The second-order valence-corrected chi connectivity index (χ2v) is 4.48. The molecule has 0 spiro atoms. The lowest BCUT2D eigenvalue weighted by Crippen LogP contribution is -2.34. The van der Waals surface area contributed by atoms with E-state index in [2.05, 4.69) is 12.2 Å². The standard InChI is InChI=1S/C9H17NOS/c1-7-3-4-8(5-7)10-9(11)6-12-2/h7-8H,3-6H2,1-2H3,(H,10,11). The second-order valence-electron chi connectivity index (χ2n) is 3.62. The first-order valence-electron chi connectivity index (χ1n) is 4.50. The number of carbonyl (C=O) groups is 1. The van der Waals surface area contributed by atoms with Crippen LogP contribution in [0.1, 0.15) is 26.2 Å². The van der Waals surface area contributed by atoms with Gasteiger partial charge in [-0.3, -0.25) is 4.79 Å². The predicted octanol–water partition coefficient (Wildman–Crippen LogP) is 1.65. The number of thioether (sulfide) groups is 1. The van der Waals surface area contributed by atoms with Crippen LogP contribution in [0.15, 0.2) is 0 Å². The Balaban J connectivity index is 2.18. The molecule has 0 aromatic rings. The van der Waals surface area contributed by atoms with Gasteiger partial charge in [0.2, 0.25) is 5.91 Å². The molecule has 2 nitrogen and oxygen atoms in total. The Bertz CT molecular complexity index is 161. The van der Waals surface area contributed by atoms with Crippen molar-refractivity contribution >= 4 is 17.7 Å². The Morgan fingerprint density at radius 1 is 1.58 bits per heavy atom. The van der Waals surface area contributed by atoms with E-state index in [1.54, 1.807) is 11.8 Å². The molecule has 1 rings (SSSR count). The average Bonchev–Trinajstić information content (AvgIpc) is 2.36. The van der Waals surface area contributed by atoms with Gasteiger partial charge in [0.05, 0.1) is 5.75 Å². The Hall–Kier alpha value is -0.180. The molecule has 70 valence electrons. The van der Waals surface area contributed by atoms with Crippen LogP contribution in [0.3, 0.4) is 0 Å². The zero-order chi connectivity index (χ0) is 8.97. The Morgan fingerprint density at radius 2 is 2.33 bits per heavy atom. The first-order chi connectivity index (χ1) is 5.72. The lowest BCUT2D eigenvalue weighted by molar-refractivity contribution is -0.119. The van der Waals surface area contributed by atoms with E-state index >= 15 is 0 Å². The van der Waals surface area contributed by atoms with Crippen LogP contribution in [0.5, 0.6) is 0 Å². The fourth-order valence-electron chi connectivity index (χ4n) is 1.74. The highest BCUT2D eigenvalue weighted by Crippen LogP contribution is 2.24. The summed E-state index contributed by atoms with van der Waals surface area (Å²) in [5.41, 5.74) is 0. The third-order valence-corrected chi connectivity index (χ3v) is 2.89. The van der Waals surface area contributed by atoms with Gasteiger partial charge in [0.1, 0.15) is 0 Å². The molecule has 1 aliphatic carbocycles. The summed E-state index contributed by atoms with van der Waals surface area (Å²) in [5, 5.41) is 3.05. The Labute approximate surface area is 78.5 Å². The minimum Gasteiger partial charge on any atom is -0.353 e. The van der Waals surface area contributed by atoms with E-state index in [0.717, 1.165) is 5.92 Å². The van der Waals surface area contributed by atoms with Crippen molar-refractivity contribution in [3.63, 3.8) is 0 Å². The maximum Gasteiger partial charge on any atom is 0.230 e. The van der Waals surface area contributed by atoms with Gasteiger partial charge in [-0.15, -0.1) is 0 Å². The summed E-state index contributed by atoms with van der Waals surface area (Å²) in [5.74, 6) is 1.59. The maximum absolute atomic E-state index is 11.2. The second kappa shape index (κ2) is 4.75. The topological polar surface area (TPSA) is 29.1 Å². The lowest BCUT2D eigenvalue weighted by atomic mass is 10.1. The first-order valence-corrected chi connectivity index (χ1v) is 5.90. The van der Waals surface area contributed by atoms with Gasteiger partial charge in [-0.05, 0) is 31.4 Å². The molecule has 1 N–H and O–H groups in total. The summed E-state index contributed by atoms with van der Waals surface area (Å²) in [6, 6.07) is 0.458. The van der Waals surface area contributed by atoms with Crippen LogP contribution in [0.4, 0.5) is 0 Å². The molecule has 0 bridgehead atoms. The number of rotatable bonds is 3. The summed E-state index contributed by atoms with van der Waals surface area (Å²) >= 11 is 1.58. The van der Waals surface area contributed by atoms with Crippen molar-refractivity contribution < 1.29 is 4.79 Å². The molecule has 1 saturated carbocycles. The summed E-state index contributed by atoms with van der Waals surface area (Å²) < 4.78 is 0. The summed E-state index contributed by atoms with van der Waals surface area (Å²) in [6.07, 6.45) is 5.56. The highest BCUT2D eigenvalue weighted by Gasteiger charge is 2.22. The molecule has 0 aromatic heterocycles. The molecule has 2 unspecified atom stereocenters. The predicted molar refractivity (Wildman–Crippen MR) is 53.3 cm³/mol. The van der Waals surface area contributed by atoms with Crippen molar-refractivity contribution in [3.8, 4) is 0 Å². The zero-order valence-corrected chi connectivity index (χ0v) is 8.62. The van der Waals surface area contributed by atoms with Gasteiger partial charge in [-0.2, -0.15) is 11.8 Å². The molecule has 3 heteroatoms. The van der Waals surface area contributed by atoms with Gasteiger partial charge in [-0.1, -0.05) is 6.92 Å². The lowest BCUT2D eigenvalue weighted by Gasteiger charge is -2.11. The average molecular weight is 187 g/mol. The highest BCUT2D eigenvalue weighted by atomic mass is 32.2. The van der Waals surface area contributed by atoms with Crippen molar-refractivity contribution in [2.24, 2.45) is 5.92 Å². The quantitative estimate of drug-likeness (QED) is 0.728. The maximum atomic E-state index is 11.2. The summed E-state index contributed by atoms with van der Waals surface area (Å²) in [6.45, 7) is 2.25. The Morgan fingerprint density at radius 3 is 2.83 bits per heavy atom. The molecule has 0 heterocycles. The highest BCUT2D eigenvalue weighted by molar-refractivity contribution is 7.99. The first kappa shape index (κ1) is 9.90. The largest absolute Gasteiger partial charge is 0.353 e. The van der Waals surface area contributed by atoms with Gasteiger partial charge in [0.15, 0.2) is 0 Å². The van der Waals surface area contributed by atoms with Crippen LogP contribution in [0, 0.1) is 5.92 Å². The van der Waals surface area contributed by atoms with E-state index in [1.165, 1.54) is 19.3 Å². The van der Waals surface area contributed by atoms with Crippen molar-refractivity contribution in [1.29, 1.82) is 0 Å². The van der Waals surface area contributed by atoms with Crippen molar-refractivity contribution in [3.05, 3.63) is 0 Å². The van der Waals surface area contributed by atoms with Crippen LogP contribution < -0.4 is 5.32 Å². The van der Waals surface area contributed by atoms with Crippen molar-refractivity contribution in [2.45, 2.75) is 32.2 Å². The minimum absolute atomic E-state index is 0.196. The molecule has 1 amide bonds. The van der Waals surface area contributed by atoms with Gasteiger partial charge in [0.25, 0.3) is 0 Å². The van der Waals surface area contributed by atoms with E-state index in [9.17, 15) is 4.79 Å². The number of hydrogen-bond donors (Lipinski definition) is 1. The molecule has 0 saturated heterocycles. The Kier molecular flexibility index (Phi) is 3.92. The van der Waals surface area contributed by atoms with Crippen molar-refractivity contribution in [2.75, 3.05) is 12.0 Å². The van der Waals surface area contributed by atoms with E-state index in [-0.39, 0.29) is 5.91 Å². The van der Waals surface area contributed by atoms with E-state index in [0.29, 0.717) is 11.8 Å². The van der Waals surface area contributed by atoms with Gasteiger partial charge < -0.3 is 5.32 Å². The van der Waals surface area contributed by atoms with Crippen LogP contribution >= 0.6 is 11.8 Å². The molecule has 2 atom stereocenters. The molecular formula is C9H17NOS. The van der Waals surface area contributed by atoms with Crippen LogP contribution in [-0.4, -0.2) is 24.0 Å². The molecule has 1 aliphatic rings. The monoisotopic (exact) mass is 187 g/mol. The molecule has 0 radical (unpaired) electrons. The zero-order valence-electron chi connectivity index (χ0n) is 7.80. The molecular weight excluding hydrogens is 170 g/mol. The minimum atomic E-state index is 0.196. The fraction of sp³-hybridized carbons (Fsp3) is 0.889. The third kappa shape index (κ3) is 3.05. The number of carbonyl (C=O) groups excluding carboxylic acids is 1. The van der Waals surface area contributed by atoms with Crippen molar-refractivity contribution in [1.82, 2.24) is 5.32 Å². The SMILES string of the molecule is CSCC(=O)NC1CCC(C)C1. The molecule has 0 aromatic carbocycles. The number of amides is 1.